The Morgan fingerprint density at radius 2 is 1.93 bits per heavy atom. The first kappa shape index (κ1) is 22.4. The fraction of sp³-hybridized carbons (Fsp3) is 0.353. The van der Waals surface area contributed by atoms with Crippen LogP contribution < -0.4 is 10.4 Å². The van der Waals surface area contributed by atoms with Crippen LogP contribution >= 0.6 is 0 Å². The van der Waals surface area contributed by atoms with Crippen molar-refractivity contribution in [2.45, 2.75) is 25.4 Å². The minimum absolute atomic E-state index is 0. The summed E-state index contributed by atoms with van der Waals surface area (Å²) in [5.74, 6) is -0.258. The quantitative estimate of drug-likeness (QED) is 0.628. The highest BCUT2D eigenvalue weighted by Crippen LogP contribution is 2.32. The summed E-state index contributed by atoms with van der Waals surface area (Å²) >= 11 is 0. The number of aryl methyl sites for hydroxylation is 1. The molecule has 0 aliphatic carbocycles. The van der Waals surface area contributed by atoms with Gasteiger partial charge in [-0.2, -0.15) is 13.2 Å². The van der Waals surface area contributed by atoms with Crippen LogP contribution in [0.3, 0.4) is 0 Å². The monoisotopic (exact) mass is 432 g/mol. The number of nitrogens with zero attached hydrogens (tertiary/aromatic N) is 4. The Labute approximate surface area is 164 Å². The van der Waals surface area contributed by atoms with Gasteiger partial charge >= 0.3 is 11.7 Å². The van der Waals surface area contributed by atoms with Gasteiger partial charge in [-0.3, -0.25) is 9.78 Å². The van der Waals surface area contributed by atoms with E-state index in [4.69, 9.17) is 0 Å². The van der Waals surface area contributed by atoms with Gasteiger partial charge in [0, 0.05) is 13.2 Å². The van der Waals surface area contributed by atoms with Crippen LogP contribution in [0.25, 0.3) is 22.6 Å². The SMILES string of the molecule is C.CCS(=O)(=O)c1cccnc1-c1nc2cc(C(F)(F)F)n(OC)c(=O)c2n1C. The molecule has 29 heavy (non-hydrogen) atoms. The van der Waals surface area contributed by atoms with Gasteiger partial charge in [0.1, 0.15) is 18.3 Å². The molecular weight excluding hydrogens is 413 g/mol. The summed E-state index contributed by atoms with van der Waals surface area (Å²) in [6.07, 6.45) is -3.53. The Hall–Kier alpha value is -2.89. The summed E-state index contributed by atoms with van der Waals surface area (Å²) in [6, 6.07) is 3.42. The summed E-state index contributed by atoms with van der Waals surface area (Å²) < 4.78 is 65.9. The van der Waals surface area contributed by atoms with E-state index in [0.717, 1.165) is 7.11 Å². The summed E-state index contributed by atoms with van der Waals surface area (Å²) in [5, 5.41) is 0. The fourth-order valence-corrected chi connectivity index (χ4v) is 3.86. The van der Waals surface area contributed by atoms with Gasteiger partial charge in [0.05, 0.1) is 16.2 Å². The molecule has 0 atom stereocenters. The van der Waals surface area contributed by atoms with Crippen molar-refractivity contribution in [3.63, 3.8) is 0 Å². The Morgan fingerprint density at radius 3 is 2.48 bits per heavy atom. The zero-order valence-corrected chi connectivity index (χ0v) is 15.8. The molecule has 0 saturated heterocycles. The lowest BCUT2D eigenvalue weighted by Gasteiger charge is -2.13. The predicted octanol–water partition coefficient (Wildman–Crippen LogP) is 2.30. The summed E-state index contributed by atoms with van der Waals surface area (Å²) in [6.45, 7) is 1.45. The van der Waals surface area contributed by atoms with Gasteiger partial charge in [-0.25, -0.2) is 13.4 Å². The van der Waals surface area contributed by atoms with Crippen LogP contribution in [0, 0.1) is 0 Å². The highest BCUT2D eigenvalue weighted by molar-refractivity contribution is 7.91. The Morgan fingerprint density at radius 1 is 1.28 bits per heavy atom. The number of hydrogen-bond acceptors (Lipinski definition) is 6. The van der Waals surface area contributed by atoms with Gasteiger partial charge in [-0.05, 0) is 18.2 Å². The summed E-state index contributed by atoms with van der Waals surface area (Å²) in [4.78, 5) is 25.2. The zero-order chi connectivity index (χ0) is 20.9. The van der Waals surface area contributed by atoms with Crippen molar-refractivity contribution in [2.24, 2.45) is 7.05 Å². The third kappa shape index (κ3) is 3.59. The molecule has 0 bridgehead atoms. The van der Waals surface area contributed by atoms with Crippen molar-refractivity contribution < 1.29 is 26.4 Å². The molecule has 158 valence electrons. The molecule has 8 nitrogen and oxygen atoms in total. The van der Waals surface area contributed by atoms with Crippen LogP contribution in [0.5, 0.6) is 0 Å². The van der Waals surface area contributed by atoms with E-state index in [0.29, 0.717) is 6.07 Å². The van der Waals surface area contributed by atoms with Gasteiger partial charge in [0.2, 0.25) is 0 Å². The highest BCUT2D eigenvalue weighted by Gasteiger charge is 2.37. The maximum absolute atomic E-state index is 13.3. The second-order valence-corrected chi connectivity index (χ2v) is 8.04. The molecule has 0 aliphatic rings. The maximum Gasteiger partial charge on any atom is 0.435 e. The normalized spacial score (nSPS) is 12.1. The summed E-state index contributed by atoms with van der Waals surface area (Å²) in [7, 11) is -1.37. The van der Waals surface area contributed by atoms with Crippen LogP contribution in [-0.4, -0.2) is 40.5 Å². The Kier molecular flexibility index (Phi) is 5.79. The molecule has 3 heterocycles. The third-order valence-corrected chi connectivity index (χ3v) is 5.93. The van der Waals surface area contributed by atoms with E-state index < -0.39 is 27.3 Å². The fourth-order valence-electron chi connectivity index (χ4n) is 2.82. The average molecular weight is 432 g/mol. The molecule has 3 rings (SSSR count). The number of imidazole rings is 1. The van der Waals surface area contributed by atoms with Crippen LogP contribution in [0.15, 0.2) is 34.1 Å². The standard InChI is InChI=1S/C16H15F3N4O4S.CH4/c1-4-28(25,26)10-6-5-7-20-12(10)14-21-9-8-11(16(17,18)19)23(27-3)15(24)13(9)22(14)2;/h5-8H,4H2,1-3H3;1H4. The van der Waals surface area contributed by atoms with Crippen LogP contribution in [0.2, 0.25) is 0 Å². The predicted molar refractivity (Wildman–Crippen MR) is 100 cm³/mol. The molecule has 0 amide bonds. The average Bonchev–Trinajstić information content (AvgIpc) is 2.97. The van der Waals surface area contributed by atoms with E-state index in [-0.39, 0.29) is 45.4 Å². The van der Waals surface area contributed by atoms with Crippen molar-refractivity contribution in [3.8, 4) is 11.5 Å². The van der Waals surface area contributed by atoms with Crippen molar-refractivity contribution >= 4 is 20.9 Å². The van der Waals surface area contributed by atoms with Crippen LogP contribution in [-0.2, 0) is 23.1 Å². The first-order valence-electron chi connectivity index (χ1n) is 7.95. The second kappa shape index (κ2) is 7.50. The minimum atomic E-state index is -4.86. The smallest absolute Gasteiger partial charge is 0.413 e. The number of rotatable bonds is 4. The van der Waals surface area contributed by atoms with E-state index >= 15 is 0 Å². The molecule has 0 unspecified atom stereocenters. The number of alkyl halides is 3. The van der Waals surface area contributed by atoms with Gasteiger partial charge < -0.3 is 9.40 Å². The number of sulfone groups is 1. The molecule has 0 fully saturated rings. The lowest BCUT2D eigenvalue weighted by molar-refractivity contribution is -0.151. The van der Waals surface area contributed by atoms with Gasteiger partial charge in [-0.1, -0.05) is 14.4 Å². The van der Waals surface area contributed by atoms with Crippen molar-refractivity contribution in [1.29, 1.82) is 0 Å². The lowest BCUT2D eigenvalue weighted by Crippen LogP contribution is -2.32. The highest BCUT2D eigenvalue weighted by atomic mass is 32.2. The Bertz CT molecular complexity index is 1230. The molecule has 0 spiro atoms. The largest absolute Gasteiger partial charge is 0.435 e. The minimum Gasteiger partial charge on any atom is -0.413 e. The number of fused-ring (bicyclic) bond motifs is 1. The number of hydrogen-bond donors (Lipinski definition) is 0. The van der Waals surface area contributed by atoms with Gasteiger partial charge in [0.15, 0.2) is 21.4 Å². The molecule has 12 heteroatoms. The lowest BCUT2D eigenvalue weighted by atomic mass is 10.3. The van der Waals surface area contributed by atoms with Crippen molar-refractivity contribution in [3.05, 3.63) is 40.4 Å². The first-order valence-corrected chi connectivity index (χ1v) is 9.60. The van der Waals surface area contributed by atoms with Crippen LogP contribution in [0.4, 0.5) is 13.2 Å². The molecule has 3 aromatic rings. The van der Waals surface area contributed by atoms with Gasteiger partial charge in [0.25, 0.3) is 0 Å². The number of halogens is 3. The van der Waals surface area contributed by atoms with Crippen molar-refractivity contribution in [2.75, 3.05) is 12.9 Å². The maximum atomic E-state index is 13.3. The van der Waals surface area contributed by atoms with Crippen LogP contribution in [0.1, 0.15) is 20.0 Å². The van der Waals surface area contributed by atoms with E-state index in [9.17, 15) is 26.4 Å². The topological polar surface area (TPSA) is 96.1 Å². The molecule has 0 N–H and O–H groups in total. The van der Waals surface area contributed by atoms with E-state index in [1.165, 1.54) is 36.9 Å². The molecule has 0 aliphatic heterocycles. The van der Waals surface area contributed by atoms with E-state index in [1.54, 1.807) is 0 Å². The van der Waals surface area contributed by atoms with E-state index in [2.05, 4.69) is 14.8 Å². The third-order valence-electron chi connectivity index (χ3n) is 4.17. The Balaban J connectivity index is 0.00000300. The molecule has 0 saturated carbocycles. The molecule has 3 aromatic heterocycles. The summed E-state index contributed by atoms with van der Waals surface area (Å²) in [5.41, 5.74) is -2.91. The van der Waals surface area contributed by atoms with Crippen molar-refractivity contribution in [1.82, 2.24) is 19.3 Å². The zero-order valence-electron chi connectivity index (χ0n) is 15.0. The van der Waals surface area contributed by atoms with E-state index in [1.807, 2.05) is 0 Å². The molecule has 0 radical (unpaired) electrons. The molecular formula is C17H19F3N4O4S. The molecule has 0 aromatic carbocycles. The number of aromatic nitrogens is 4. The first-order chi connectivity index (χ1) is 13.0. The van der Waals surface area contributed by atoms with Gasteiger partial charge in [-0.15, -0.1) is 4.73 Å². The second-order valence-electron chi connectivity index (χ2n) is 5.79. The number of pyridine rings is 2.